The second kappa shape index (κ2) is 14.4. The lowest BCUT2D eigenvalue weighted by molar-refractivity contribution is 0.0759. The van der Waals surface area contributed by atoms with Gasteiger partial charge in [0.25, 0.3) is 0 Å². The fourth-order valence-electron chi connectivity index (χ4n) is 0.671. The summed E-state index contributed by atoms with van der Waals surface area (Å²) in [6.07, 6.45) is 4.20. The number of ether oxygens (including phenoxy) is 1. The van der Waals surface area contributed by atoms with Crippen LogP contribution in [0.4, 0.5) is 0 Å². The first-order valence-electron chi connectivity index (χ1n) is 5.02. The van der Waals surface area contributed by atoms with Crippen LogP contribution < -0.4 is 0 Å². The molecule has 0 radical (unpaired) electrons. The van der Waals surface area contributed by atoms with Gasteiger partial charge in [-0.2, -0.15) is 0 Å². The van der Waals surface area contributed by atoms with Gasteiger partial charge in [0, 0.05) is 6.61 Å². The van der Waals surface area contributed by atoms with Crippen LogP contribution in [0.1, 0.15) is 40.0 Å². The molecule has 3 heteroatoms. The van der Waals surface area contributed by atoms with Crippen LogP contribution in [0.3, 0.4) is 0 Å². The second-order valence-electron chi connectivity index (χ2n) is 3.07. The predicted octanol–water partition coefficient (Wildman–Crippen LogP) is 1.57. The van der Waals surface area contributed by atoms with Crippen molar-refractivity contribution >= 4 is 0 Å². The number of hydrogen-bond acceptors (Lipinski definition) is 3. The molecular weight excluding hydrogens is 168 g/mol. The number of rotatable bonds is 6. The average Bonchev–Trinajstić information content (AvgIpc) is 2.13. The molecular formula is C10H24O3. The van der Waals surface area contributed by atoms with Gasteiger partial charge in [-0.15, -0.1) is 0 Å². The molecule has 0 aromatic carbocycles. The van der Waals surface area contributed by atoms with E-state index in [2.05, 4.69) is 20.8 Å². The van der Waals surface area contributed by atoms with Crippen LogP contribution in [0.15, 0.2) is 0 Å². The maximum absolute atomic E-state index is 7.62. The zero-order chi connectivity index (χ0) is 10.5. The predicted molar refractivity (Wildman–Crippen MR) is 54.8 cm³/mol. The molecule has 0 fully saturated rings. The minimum Gasteiger partial charge on any atom is -0.394 e. The van der Waals surface area contributed by atoms with Crippen LogP contribution in [-0.2, 0) is 4.74 Å². The van der Waals surface area contributed by atoms with E-state index in [4.69, 9.17) is 14.9 Å². The maximum Gasteiger partial charge on any atom is 0.0662 e. The Morgan fingerprint density at radius 2 is 1.62 bits per heavy atom. The summed E-state index contributed by atoms with van der Waals surface area (Å²) in [6.45, 7) is 7.04. The Morgan fingerprint density at radius 1 is 1.08 bits per heavy atom. The highest BCUT2D eigenvalue weighted by molar-refractivity contribution is 4.39. The molecule has 0 aromatic heterocycles. The van der Waals surface area contributed by atoms with Gasteiger partial charge in [0.05, 0.1) is 19.3 Å². The van der Waals surface area contributed by atoms with Crippen molar-refractivity contribution in [2.24, 2.45) is 0 Å². The van der Waals surface area contributed by atoms with Crippen LogP contribution in [0.25, 0.3) is 0 Å². The van der Waals surface area contributed by atoms with Crippen molar-refractivity contribution < 1.29 is 14.9 Å². The Hall–Kier alpha value is -0.120. The molecule has 0 rings (SSSR count). The summed E-state index contributed by atoms with van der Waals surface area (Å²) in [5, 5.41) is 15.2. The normalized spacial score (nSPS) is 9.69. The number of unbranched alkanes of at least 4 members (excludes halogenated alkanes) is 2. The molecule has 13 heavy (non-hydrogen) atoms. The van der Waals surface area contributed by atoms with Crippen molar-refractivity contribution in [3.8, 4) is 0 Å². The van der Waals surface area contributed by atoms with Gasteiger partial charge in [0.1, 0.15) is 0 Å². The van der Waals surface area contributed by atoms with Crippen LogP contribution >= 0.6 is 0 Å². The van der Waals surface area contributed by atoms with E-state index < -0.39 is 0 Å². The van der Waals surface area contributed by atoms with Gasteiger partial charge in [-0.05, 0) is 20.3 Å². The Bertz CT molecular complexity index is 72.6. The molecule has 0 spiro atoms. The molecule has 0 amide bonds. The summed E-state index contributed by atoms with van der Waals surface area (Å²) in [5.74, 6) is 0. The van der Waals surface area contributed by atoms with Crippen molar-refractivity contribution in [3.63, 3.8) is 0 Å². The van der Waals surface area contributed by atoms with E-state index in [1.807, 2.05) is 0 Å². The Kier molecular flexibility index (Phi) is 17.0. The van der Waals surface area contributed by atoms with Crippen molar-refractivity contribution in [2.45, 2.75) is 46.1 Å². The van der Waals surface area contributed by atoms with Crippen LogP contribution in [-0.4, -0.2) is 36.1 Å². The first kappa shape index (κ1) is 15.4. The molecule has 0 saturated heterocycles. The molecule has 0 heterocycles. The van der Waals surface area contributed by atoms with Gasteiger partial charge >= 0.3 is 0 Å². The van der Waals surface area contributed by atoms with Gasteiger partial charge in [0.2, 0.25) is 0 Å². The van der Waals surface area contributed by atoms with Crippen molar-refractivity contribution in [3.05, 3.63) is 0 Å². The largest absolute Gasteiger partial charge is 0.394 e. The van der Waals surface area contributed by atoms with Crippen LogP contribution in [0.2, 0.25) is 0 Å². The SMILES string of the molecule is CCCCCOC(C)C.OCCO. The summed E-state index contributed by atoms with van der Waals surface area (Å²) in [5.41, 5.74) is 0. The molecule has 0 aliphatic carbocycles. The first-order chi connectivity index (χ1) is 6.18. The molecule has 0 atom stereocenters. The molecule has 82 valence electrons. The standard InChI is InChI=1S/C8H18O.C2H6O2/c1-4-5-6-7-9-8(2)3;3-1-2-4/h8H,4-7H2,1-3H3;3-4H,1-2H2. The molecule has 0 saturated carbocycles. The highest BCUT2D eigenvalue weighted by Gasteiger charge is 1.90. The van der Waals surface area contributed by atoms with Gasteiger partial charge in [0.15, 0.2) is 0 Å². The first-order valence-corrected chi connectivity index (χ1v) is 5.02. The van der Waals surface area contributed by atoms with Crippen LogP contribution in [0.5, 0.6) is 0 Å². The average molecular weight is 192 g/mol. The van der Waals surface area contributed by atoms with Gasteiger partial charge in [-0.1, -0.05) is 19.8 Å². The lowest BCUT2D eigenvalue weighted by atomic mass is 10.3. The van der Waals surface area contributed by atoms with Crippen molar-refractivity contribution in [1.29, 1.82) is 0 Å². The topological polar surface area (TPSA) is 49.7 Å². The molecule has 0 aliphatic heterocycles. The van der Waals surface area contributed by atoms with E-state index in [0.29, 0.717) is 6.10 Å². The van der Waals surface area contributed by atoms with Gasteiger partial charge in [-0.3, -0.25) is 0 Å². The Labute approximate surface area is 81.7 Å². The third-order valence-electron chi connectivity index (χ3n) is 1.30. The molecule has 3 nitrogen and oxygen atoms in total. The number of aliphatic hydroxyl groups is 2. The fraction of sp³-hybridized carbons (Fsp3) is 1.00. The lowest BCUT2D eigenvalue weighted by Crippen LogP contribution is -2.03. The number of hydrogen-bond donors (Lipinski definition) is 2. The summed E-state index contributed by atoms with van der Waals surface area (Å²) in [7, 11) is 0. The Morgan fingerprint density at radius 3 is 1.92 bits per heavy atom. The molecule has 0 aliphatic rings. The zero-order valence-electron chi connectivity index (χ0n) is 9.12. The summed E-state index contributed by atoms with van der Waals surface area (Å²) in [6, 6.07) is 0. The maximum atomic E-state index is 7.62. The molecule has 0 aromatic rings. The van der Waals surface area contributed by atoms with Gasteiger partial charge < -0.3 is 14.9 Å². The van der Waals surface area contributed by atoms with Crippen LogP contribution in [0, 0.1) is 0 Å². The third-order valence-corrected chi connectivity index (χ3v) is 1.30. The van der Waals surface area contributed by atoms with E-state index >= 15 is 0 Å². The Balaban J connectivity index is 0. The highest BCUT2D eigenvalue weighted by atomic mass is 16.5. The second-order valence-corrected chi connectivity index (χ2v) is 3.07. The monoisotopic (exact) mass is 192 g/mol. The van der Waals surface area contributed by atoms with E-state index in [1.165, 1.54) is 19.3 Å². The van der Waals surface area contributed by atoms with Gasteiger partial charge in [-0.25, -0.2) is 0 Å². The van der Waals surface area contributed by atoms with E-state index in [0.717, 1.165) is 6.61 Å². The summed E-state index contributed by atoms with van der Waals surface area (Å²) >= 11 is 0. The highest BCUT2D eigenvalue weighted by Crippen LogP contribution is 1.96. The van der Waals surface area contributed by atoms with Crippen molar-refractivity contribution in [1.82, 2.24) is 0 Å². The van der Waals surface area contributed by atoms with Crippen molar-refractivity contribution in [2.75, 3.05) is 19.8 Å². The quantitative estimate of drug-likeness (QED) is 0.628. The smallest absolute Gasteiger partial charge is 0.0662 e. The molecule has 0 unspecified atom stereocenters. The minimum atomic E-state index is -0.125. The number of aliphatic hydroxyl groups excluding tert-OH is 2. The molecule has 0 bridgehead atoms. The summed E-state index contributed by atoms with van der Waals surface area (Å²) < 4.78 is 5.34. The minimum absolute atomic E-state index is 0.125. The molecule has 2 N–H and O–H groups in total. The van der Waals surface area contributed by atoms with E-state index in [1.54, 1.807) is 0 Å². The summed E-state index contributed by atoms with van der Waals surface area (Å²) in [4.78, 5) is 0. The zero-order valence-corrected chi connectivity index (χ0v) is 9.12. The van der Waals surface area contributed by atoms with E-state index in [9.17, 15) is 0 Å². The van der Waals surface area contributed by atoms with E-state index in [-0.39, 0.29) is 13.2 Å². The fourth-order valence-corrected chi connectivity index (χ4v) is 0.671. The lowest BCUT2D eigenvalue weighted by Gasteiger charge is -2.05. The third kappa shape index (κ3) is 24.5.